The fraction of sp³-hybridized carbons (Fsp3) is 0.706. The van der Waals surface area contributed by atoms with E-state index in [1.807, 2.05) is 24.3 Å². The third kappa shape index (κ3) is 5.32. The standard InChI is InChI=1S/C17H28N6O2.HI/c1-18-17(19-11-16(24)22-6-4-3-5-7-22)23-8-9-25-15(13-23)14-10-20-21(2)12-14;/h10,12,15H,3-9,11,13H2,1-2H3,(H,18,19);1H. The van der Waals surface area contributed by atoms with Crippen molar-refractivity contribution < 1.29 is 9.53 Å². The first kappa shape index (κ1) is 20.9. The summed E-state index contributed by atoms with van der Waals surface area (Å²) in [5, 5.41) is 7.44. The maximum Gasteiger partial charge on any atom is 0.241 e. The highest BCUT2D eigenvalue weighted by atomic mass is 127. The maximum absolute atomic E-state index is 12.3. The van der Waals surface area contributed by atoms with E-state index in [4.69, 9.17) is 4.74 Å². The number of guanidine groups is 1. The van der Waals surface area contributed by atoms with Gasteiger partial charge in [-0.15, -0.1) is 24.0 Å². The molecular weight excluding hydrogens is 447 g/mol. The van der Waals surface area contributed by atoms with Gasteiger partial charge in [0.15, 0.2) is 5.96 Å². The number of ether oxygens (including phenoxy) is 1. The SMILES string of the molecule is CN=C(NCC(=O)N1CCCCC1)N1CCOC(c2cnn(C)c2)C1.I. The fourth-order valence-electron chi connectivity index (χ4n) is 3.39. The van der Waals surface area contributed by atoms with Crippen LogP contribution in [0.4, 0.5) is 0 Å². The molecule has 26 heavy (non-hydrogen) atoms. The zero-order valence-corrected chi connectivity index (χ0v) is 17.9. The van der Waals surface area contributed by atoms with Crippen molar-refractivity contribution >= 4 is 35.8 Å². The van der Waals surface area contributed by atoms with Gasteiger partial charge in [-0.1, -0.05) is 0 Å². The summed E-state index contributed by atoms with van der Waals surface area (Å²) in [6, 6.07) is 0. The average Bonchev–Trinajstić information content (AvgIpc) is 3.09. The van der Waals surface area contributed by atoms with Crippen LogP contribution in [0, 0.1) is 0 Å². The average molecular weight is 476 g/mol. The topological polar surface area (TPSA) is 75.0 Å². The number of likely N-dealkylation sites (tertiary alicyclic amines) is 1. The number of halogens is 1. The number of aryl methyl sites for hydroxylation is 1. The quantitative estimate of drug-likeness (QED) is 0.401. The molecule has 9 heteroatoms. The van der Waals surface area contributed by atoms with E-state index in [1.165, 1.54) is 6.42 Å². The fourth-order valence-corrected chi connectivity index (χ4v) is 3.39. The summed E-state index contributed by atoms with van der Waals surface area (Å²) in [7, 11) is 3.65. The number of carbonyl (C=O) groups is 1. The third-order valence-electron chi connectivity index (χ3n) is 4.78. The molecule has 1 aromatic heterocycles. The number of amides is 1. The lowest BCUT2D eigenvalue weighted by Crippen LogP contribution is -2.51. The van der Waals surface area contributed by atoms with Gasteiger partial charge in [0.1, 0.15) is 6.10 Å². The van der Waals surface area contributed by atoms with Gasteiger partial charge in [0.25, 0.3) is 0 Å². The van der Waals surface area contributed by atoms with Crippen molar-refractivity contribution in [3.63, 3.8) is 0 Å². The van der Waals surface area contributed by atoms with E-state index in [9.17, 15) is 4.79 Å². The van der Waals surface area contributed by atoms with Crippen LogP contribution in [0.5, 0.6) is 0 Å². The summed E-state index contributed by atoms with van der Waals surface area (Å²) in [6.07, 6.45) is 7.23. The Kier molecular flexibility index (Phi) is 8.14. The van der Waals surface area contributed by atoms with Crippen molar-refractivity contribution in [3.05, 3.63) is 18.0 Å². The number of hydrogen-bond donors (Lipinski definition) is 1. The van der Waals surface area contributed by atoms with E-state index in [0.29, 0.717) is 19.7 Å². The molecule has 1 atom stereocenters. The number of carbonyl (C=O) groups excluding carboxylic acids is 1. The molecule has 3 rings (SSSR count). The number of piperidine rings is 1. The molecule has 1 N–H and O–H groups in total. The van der Waals surface area contributed by atoms with Crippen molar-refractivity contribution in [3.8, 4) is 0 Å². The second kappa shape index (κ2) is 10.1. The molecule has 0 bridgehead atoms. The molecule has 2 aliphatic heterocycles. The van der Waals surface area contributed by atoms with Crippen LogP contribution in [0.2, 0.25) is 0 Å². The highest BCUT2D eigenvalue weighted by Gasteiger charge is 2.25. The van der Waals surface area contributed by atoms with Gasteiger partial charge in [-0.05, 0) is 19.3 Å². The number of hydrogen-bond acceptors (Lipinski definition) is 4. The number of nitrogens with one attached hydrogen (secondary N) is 1. The predicted molar refractivity (Wildman–Crippen MR) is 111 cm³/mol. The van der Waals surface area contributed by atoms with Gasteiger partial charge in [-0.2, -0.15) is 5.10 Å². The van der Waals surface area contributed by atoms with Crippen molar-refractivity contribution in [1.29, 1.82) is 0 Å². The minimum atomic E-state index is -0.0289. The zero-order valence-electron chi connectivity index (χ0n) is 15.6. The molecule has 3 heterocycles. The van der Waals surface area contributed by atoms with Gasteiger partial charge < -0.3 is 19.9 Å². The highest BCUT2D eigenvalue weighted by Crippen LogP contribution is 2.21. The highest BCUT2D eigenvalue weighted by molar-refractivity contribution is 14.0. The van der Waals surface area contributed by atoms with Gasteiger partial charge in [-0.3, -0.25) is 14.5 Å². The van der Waals surface area contributed by atoms with Crippen molar-refractivity contribution in [1.82, 2.24) is 24.9 Å². The van der Waals surface area contributed by atoms with E-state index in [2.05, 4.69) is 20.3 Å². The van der Waals surface area contributed by atoms with Crippen molar-refractivity contribution in [2.24, 2.45) is 12.0 Å². The van der Waals surface area contributed by atoms with Gasteiger partial charge >= 0.3 is 0 Å². The molecule has 8 nitrogen and oxygen atoms in total. The Hall–Kier alpha value is -1.36. The lowest BCUT2D eigenvalue weighted by atomic mass is 10.1. The van der Waals surface area contributed by atoms with Crippen LogP contribution in [-0.4, -0.2) is 77.8 Å². The van der Waals surface area contributed by atoms with Gasteiger partial charge in [0, 0.05) is 45.5 Å². The lowest BCUT2D eigenvalue weighted by molar-refractivity contribution is -0.130. The Morgan fingerprint density at radius 3 is 2.73 bits per heavy atom. The minimum Gasteiger partial charge on any atom is -0.370 e. The molecule has 1 amide bonds. The normalized spacial score (nSPS) is 21.3. The number of rotatable bonds is 3. The third-order valence-corrected chi connectivity index (χ3v) is 4.78. The van der Waals surface area contributed by atoms with E-state index in [-0.39, 0.29) is 36.0 Å². The molecule has 0 saturated carbocycles. The zero-order chi connectivity index (χ0) is 17.6. The van der Waals surface area contributed by atoms with Crippen molar-refractivity contribution in [2.45, 2.75) is 25.4 Å². The van der Waals surface area contributed by atoms with Gasteiger partial charge in [-0.25, -0.2) is 0 Å². The lowest BCUT2D eigenvalue weighted by Gasteiger charge is -2.35. The first-order valence-corrected chi connectivity index (χ1v) is 9.01. The molecule has 1 unspecified atom stereocenters. The summed E-state index contributed by atoms with van der Waals surface area (Å²) in [5.74, 6) is 0.903. The molecule has 1 aromatic rings. The molecule has 2 fully saturated rings. The van der Waals surface area contributed by atoms with E-state index >= 15 is 0 Å². The van der Waals surface area contributed by atoms with Gasteiger partial charge in [0.05, 0.1) is 25.9 Å². The Labute approximate surface area is 172 Å². The Morgan fingerprint density at radius 2 is 2.08 bits per heavy atom. The minimum absolute atomic E-state index is 0. The number of morpholine rings is 1. The summed E-state index contributed by atoms with van der Waals surface area (Å²) in [6.45, 7) is 4.12. The van der Waals surface area contributed by atoms with Crippen LogP contribution in [0.3, 0.4) is 0 Å². The van der Waals surface area contributed by atoms with Crippen LogP contribution in [0.15, 0.2) is 17.4 Å². The van der Waals surface area contributed by atoms with E-state index in [0.717, 1.165) is 44.0 Å². The van der Waals surface area contributed by atoms with Crippen LogP contribution in [-0.2, 0) is 16.6 Å². The van der Waals surface area contributed by atoms with Crippen LogP contribution < -0.4 is 5.32 Å². The second-order valence-corrected chi connectivity index (χ2v) is 6.60. The van der Waals surface area contributed by atoms with Crippen LogP contribution in [0.25, 0.3) is 0 Å². The molecule has 146 valence electrons. The number of aliphatic imine (C=N–C) groups is 1. The largest absolute Gasteiger partial charge is 0.370 e. The van der Waals surface area contributed by atoms with Crippen LogP contribution >= 0.6 is 24.0 Å². The van der Waals surface area contributed by atoms with Gasteiger partial charge in [0.2, 0.25) is 5.91 Å². The summed E-state index contributed by atoms with van der Waals surface area (Å²) in [4.78, 5) is 20.8. The summed E-state index contributed by atoms with van der Waals surface area (Å²) in [5.41, 5.74) is 1.06. The number of nitrogens with zero attached hydrogens (tertiary/aromatic N) is 5. The maximum atomic E-state index is 12.3. The summed E-state index contributed by atoms with van der Waals surface area (Å²) < 4.78 is 7.65. The van der Waals surface area contributed by atoms with E-state index in [1.54, 1.807) is 11.7 Å². The molecule has 0 aliphatic carbocycles. The molecular formula is C17H29IN6O2. The molecule has 2 saturated heterocycles. The molecule has 2 aliphatic rings. The van der Waals surface area contributed by atoms with E-state index < -0.39 is 0 Å². The Morgan fingerprint density at radius 1 is 1.31 bits per heavy atom. The van der Waals surface area contributed by atoms with Crippen LogP contribution in [0.1, 0.15) is 30.9 Å². The molecule has 0 radical (unpaired) electrons. The molecule has 0 spiro atoms. The second-order valence-electron chi connectivity index (χ2n) is 6.60. The first-order chi connectivity index (χ1) is 12.2. The Bertz CT molecular complexity index is 614. The Balaban J connectivity index is 0.00000243. The number of aromatic nitrogens is 2. The smallest absolute Gasteiger partial charge is 0.241 e. The monoisotopic (exact) mass is 476 g/mol. The predicted octanol–water partition coefficient (Wildman–Crippen LogP) is 0.999. The molecule has 0 aromatic carbocycles. The first-order valence-electron chi connectivity index (χ1n) is 9.01. The van der Waals surface area contributed by atoms with Crippen molar-refractivity contribution in [2.75, 3.05) is 46.4 Å². The summed E-state index contributed by atoms with van der Waals surface area (Å²) >= 11 is 0.